The van der Waals surface area contributed by atoms with Crippen LogP contribution in [0.3, 0.4) is 0 Å². The van der Waals surface area contributed by atoms with Crippen molar-refractivity contribution >= 4 is 40.8 Å². The van der Waals surface area contributed by atoms with Crippen LogP contribution in [0.1, 0.15) is 26.9 Å². The van der Waals surface area contributed by atoms with Gasteiger partial charge in [0.1, 0.15) is 0 Å². The van der Waals surface area contributed by atoms with E-state index in [4.69, 9.17) is 0 Å². The molecular weight excluding hydrogens is 330 g/mol. The molecule has 2 nitrogen and oxygen atoms in total. The molecule has 1 saturated heterocycles. The van der Waals surface area contributed by atoms with Crippen molar-refractivity contribution in [3.8, 4) is 0 Å². The molecule has 0 N–H and O–H groups in total. The normalized spacial score (nSPS) is 19.0. The zero-order chi connectivity index (χ0) is 15.4. The van der Waals surface area contributed by atoms with Gasteiger partial charge in [0.15, 0.2) is 0 Å². The van der Waals surface area contributed by atoms with Crippen LogP contribution in [0.15, 0.2) is 46.7 Å². The van der Waals surface area contributed by atoms with E-state index >= 15 is 0 Å². The Balaban J connectivity index is 1.71. The molecule has 1 aliphatic heterocycles. The molecule has 2 heterocycles. The SMILES string of the molecule is CSc1ccccc1C(=O)N1CCS[C@H](c2cccs2)CC1. The molecule has 22 heavy (non-hydrogen) atoms. The van der Waals surface area contributed by atoms with Gasteiger partial charge in [-0.25, -0.2) is 0 Å². The Kier molecular flexibility index (Phi) is 5.50. The van der Waals surface area contributed by atoms with Crippen LogP contribution in [0.2, 0.25) is 0 Å². The van der Waals surface area contributed by atoms with Crippen LogP contribution in [0, 0.1) is 0 Å². The summed E-state index contributed by atoms with van der Waals surface area (Å²) in [5.74, 6) is 1.19. The number of nitrogens with zero attached hydrogens (tertiary/aromatic N) is 1. The smallest absolute Gasteiger partial charge is 0.255 e. The summed E-state index contributed by atoms with van der Waals surface area (Å²) < 4.78 is 0. The van der Waals surface area contributed by atoms with Crippen LogP contribution >= 0.6 is 34.9 Å². The summed E-state index contributed by atoms with van der Waals surface area (Å²) in [6, 6.07) is 12.2. The van der Waals surface area contributed by atoms with Crippen LogP contribution < -0.4 is 0 Å². The van der Waals surface area contributed by atoms with E-state index in [9.17, 15) is 4.79 Å². The van der Waals surface area contributed by atoms with E-state index in [0.717, 1.165) is 35.7 Å². The molecule has 0 aliphatic carbocycles. The number of rotatable bonds is 3. The maximum atomic E-state index is 12.8. The van der Waals surface area contributed by atoms with E-state index in [1.807, 2.05) is 58.5 Å². The second-order valence-electron chi connectivity index (χ2n) is 5.16. The Hall–Kier alpha value is -0.910. The first-order valence-electron chi connectivity index (χ1n) is 7.37. The molecule has 0 saturated carbocycles. The van der Waals surface area contributed by atoms with Crippen molar-refractivity contribution in [2.45, 2.75) is 16.6 Å². The Morgan fingerprint density at radius 2 is 2.09 bits per heavy atom. The van der Waals surface area contributed by atoms with Gasteiger partial charge < -0.3 is 4.90 Å². The van der Waals surface area contributed by atoms with E-state index in [0.29, 0.717) is 5.25 Å². The lowest BCUT2D eigenvalue weighted by Gasteiger charge is -2.21. The number of thioether (sulfide) groups is 2. The second-order valence-corrected chi connectivity index (χ2v) is 8.29. The Labute approximate surface area is 144 Å². The molecular formula is C17H19NOS3. The molecule has 0 unspecified atom stereocenters. The second kappa shape index (κ2) is 7.57. The molecule has 1 aliphatic rings. The van der Waals surface area contributed by atoms with E-state index in [1.165, 1.54) is 4.88 Å². The van der Waals surface area contributed by atoms with Crippen LogP contribution in [-0.2, 0) is 0 Å². The van der Waals surface area contributed by atoms with Crippen LogP contribution in [0.4, 0.5) is 0 Å². The highest BCUT2D eigenvalue weighted by atomic mass is 32.2. The average Bonchev–Trinajstić information content (AvgIpc) is 2.99. The van der Waals surface area contributed by atoms with Crippen molar-refractivity contribution in [3.05, 3.63) is 52.2 Å². The minimum absolute atomic E-state index is 0.178. The zero-order valence-corrected chi connectivity index (χ0v) is 15.0. The van der Waals surface area contributed by atoms with Gasteiger partial charge >= 0.3 is 0 Å². The molecule has 0 radical (unpaired) electrons. The molecule has 1 atom stereocenters. The Bertz CT molecular complexity index is 627. The highest BCUT2D eigenvalue weighted by Gasteiger charge is 2.24. The lowest BCUT2D eigenvalue weighted by molar-refractivity contribution is 0.0763. The van der Waals surface area contributed by atoms with Crippen molar-refractivity contribution in [3.63, 3.8) is 0 Å². The standard InChI is InChI=1S/C17H19NOS3/c1-20-14-6-3-2-5-13(14)17(19)18-9-8-16(22-12-10-18)15-7-4-11-21-15/h2-7,11,16H,8-10,12H2,1H3/t16-/m0/s1. The van der Waals surface area contributed by atoms with E-state index in [-0.39, 0.29) is 5.91 Å². The fraction of sp³-hybridized carbons (Fsp3) is 0.353. The molecule has 0 spiro atoms. The summed E-state index contributed by atoms with van der Waals surface area (Å²) in [4.78, 5) is 17.4. The number of benzene rings is 1. The molecule has 1 aromatic heterocycles. The summed E-state index contributed by atoms with van der Waals surface area (Å²) in [6.07, 6.45) is 3.07. The van der Waals surface area contributed by atoms with Gasteiger partial charge in [0.25, 0.3) is 5.91 Å². The third-order valence-corrected chi connectivity index (χ3v) is 7.07. The molecule has 2 aromatic rings. The van der Waals surface area contributed by atoms with Gasteiger partial charge in [-0.2, -0.15) is 11.8 Å². The molecule has 3 rings (SSSR count). The van der Waals surface area contributed by atoms with Gasteiger partial charge in [0.2, 0.25) is 0 Å². The lowest BCUT2D eigenvalue weighted by Crippen LogP contribution is -2.33. The molecule has 0 bridgehead atoms. The van der Waals surface area contributed by atoms with Gasteiger partial charge in [-0.15, -0.1) is 23.1 Å². The monoisotopic (exact) mass is 349 g/mol. The maximum absolute atomic E-state index is 12.8. The van der Waals surface area contributed by atoms with E-state index in [1.54, 1.807) is 11.8 Å². The van der Waals surface area contributed by atoms with Crippen LogP contribution in [0.5, 0.6) is 0 Å². The summed E-state index contributed by atoms with van der Waals surface area (Å²) in [5, 5.41) is 2.67. The van der Waals surface area contributed by atoms with Crippen molar-refractivity contribution in [1.82, 2.24) is 4.90 Å². The summed E-state index contributed by atoms with van der Waals surface area (Å²) in [5.41, 5.74) is 0.842. The minimum Gasteiger partial charge on any atom is -0.338 e. The van der Waals surface area contributed by atoms with Crippen molar-refractivity contribution in [1.29, 1.82) is 0 Å². The molecule has 1 fully saturated rings. The predicted molar refractivity (Wildman–Crippen MR) is 98.3 cm³/mol. The minimum atomic E-state index is 0.178. The Morgan fingerprint density at radius 3 is 2.86 bits per heavy atom. The Morgan fingerprint density at radius 1 is 1.23 bits per heavy atom. The van der Waals surface area contributed by atoms with Gasteiger partial charge in [0, 0.05) is 33.9 Å². The third-order valence-electron chi connectivity index (χ3n) is 3.83. The van der Waals surface area contributed by atoms with Crippen LogP contribution in [-0.4, -0.2) is 35.9 Å². The van der Waals surface area contributed by atoms with Crippen molar-refractivity contribution in [2.24, 2.45) is 0 Å². The van der Waals surface area contributed by atoms with Gasteiger partial charge in [-0.3, -0.25) is 4.79 Å². The predicted octanol–water partition coefficient (Wildman–Crippen LogP) is 4.79. The topological polar surface area (TPSA) is 20.3 Å². The van der Waals surface area contributed by atoms with Crippen molar-refractivity contribution in [2.75, 3.05) is 25.1 Å². The fourth-order valence-corrected chi connectivity index (χ4v) is 5.49. The molecule has 1 amide bonds. The highest BCUT2D eigenvalue weighted by Crippen LogP contribution is 2.37. The number of thiophene rings is 1. The number of carbonyl (C=O) groups excluding carboxylic acids is 1. The molecule has 5 heteroatoms. The van der Waals surface area contributed by atoms with Crippen LogP contribution in [0.25, 0.3) is 0 Å². The maximum Gasteiger partial charge on any atom is 0.255 e. The van der Waals surface area contributed by atoms with Gasteiger partial charge in [-0.1, -0.05) is 18.2 Å². The first-order valence-corrected chi connectivity index (χ1v) is 10.5. The number of hydrogen-bond acceptors (Lipinski definition) is 4. The fourth-order valence-electron chi connectivity index (χ4n) is 2.67. The summed E-state index contributed by atoms with van der Waals surface area (Å²) in [6.45, 7) is 1.69. The van der Waals surface area contributed by atoms with E-state index < -0.39 is 0 Å². The summed E-state index contributed by atoms with van der Waals surface area (Å²) >= 11 is 5.44. The lowest BCUT2D eigenvalue weighted by atomic mass is 10.1. The number of carbonyl (C=O) groups is 1. The van der Waals surface area contributed by atoms with Gasteiger partial charge in [0.05, 0.1) is 5.56 Å². The third kappa shape index (κ3) is 3.53. The molecule has 116 valence electrons. The quantitative estimate of drug-likeness (QED) is 0.743. The average molecular weight is 350 g/mol. The van der Waals surface area contributed by atoms with Crippen molar-refractivity contribution < 1.29 is 4.79 Å². The molecule has 1 aromatic carbocycles. The summed E-state index contributed by atoms with van der Waals surface area (Å²) in [7, 11) is 0. The van der Waals surface area contributed by atoms with E-state index in [2.05, 4.69) is 17.5 Å². The first-order chi connectivity index (χ1) is 10.8. The van der Waals surface area contributed by atoms with Gasteiger partial charge in [-0.05, 0) is 36.3 Å². The zero-order valence-electron chi connectivity index (χ0n) is 12.5. The number of hydrogen-bond donors (Lipinski definition) is 0. The highest BCUT2D eigenvalue weighted by molar-refractivity contribution is 7.99. The number of amides is 1. The largest absolute Gasteiger partial charge is 0.338 e. The first kappa shape index (κ1) is 16.0.